The van der Waals surface area contributed by atoms with Gasteiger partial charge in [0.15, 0.2) is 0 Å². The van der Waals surface area contributed by atoms with Crippen LogP contribution in [0.4, 0.5) is 5.82 Å². The zero-order valence-corrected chi connectivity index (χ0v) is 14.9. The number of amides is 2. The van der Waals surface area contributed by atoms with Crippen LogP contribution in [0.3, 0.4) is 0 Å². The van der Waals surface area contributed by atoms with Gasteiger partial charge in [0.1, 0.15) is 5.82 Å². The molecule has 0 radical (unpaired) electrons. The Labute approximate surface area is 150 Å². The second-order valence-electron chi connectivity index (χ2n) is 6.42. The van der Waals surface area contributed by atoms with Crippen molar-refractivity contribution < 1.29 is 9.59 Å². The van der Waals surface area contributed by atoms with Gasteiger partial charge >= 0.3 is 11.8 Å². The Balaban J connectivity index is 1.68. The topological polar surface area (TPSA) is 67.2 Å². The second-order valence-corrected chi connectivity index (χ2v) is 7.40. The summed E-state index contributed by atoms with van der Waals surface area (Å²) in [7, 11) is 0. The number of rotatable bonds is 2. The molecular formula is C18H20N4O2S. The smallest absolute Gasteiger partial charge is 0.315 e. The first-order valence-electron chi connectivity index (χ1n) is 8.50. The number of carbonyl (C=O) groups excluding carboxylic acids is 2. The molecule has 25 heavy (non-hydrogen) atoms. The fourth-order valence-corrected chi connectivity index (χ4v) is 4.38. The third kappa shape index (κ3) is 2.93. The minimum absolute atomic E-state index is 0.450. The number of thioether (sulfide) groups is 1. The number of para-hydroxylation sites is 1. The zero-order valence-electron chi connectivity index (χ0n) is 14.1. The second kappa shape index (κ2) is 6.55. The van der Waals surface area contributed by atoms with E-state index in [0.29, 0.717) is 18.9 Å². The fourth-order valence-electron chi connectivity index (χ4n) is 3.34. The largest absolute Gasteiger partial charge is 0.334 e. The number of nitrogens with zero attached hydrogens (tertiary/aromatic N) is 3. The van der Waals surface area contributed by atoms with Gasteiger partial charge in [-0.2, -0.15) is 16.9 Å². The lowest BCUT2D eigenvalue weighted by molar-refractivity contribution is -0.142. The van der Waals surface area contributed by atoms with Gasteiger partial charge in [-0.05, 0) is 31.4 Å². The third-order valence-electron chi connectivity index (χ3n) is 4.71. The number of hydrogen-bond acceptors (Lipinski definition) is 4. The lowest BCUT2D eigenvalue weighted by atomic mass is 10.2. The number of fused-ring (bicyclic) bond motifs is 1. The predicted octanol–water partition coefficient (Wildman–Crippen LogP) is 2.49. The Morgan fingerprint density at radius 3 is 2.68 bits per heavy atom. The van der Waals surface area contributed by atoms with Gasteiger partial charge in [-0.1, -0.05) is 18.2 Å². The van der Waals surface area contributed by atoms with Crippen LogP contribution >= 0.6 is 11.8 Å². The molecular weight excluding hydrogens is 336 g/mol. The molecule has 0 aliphatic carbocycles. The van der Waals surface area contributed by atoms with Gasteiger partial charge in [0, 0.05) is 30.2 Å². The number of hydrogen-bond donors (Lipinski definition) is 1. The molecule has 6 nitrogen and oxygen atoms in total. The Morgan fingerprint density at radius 2 is 1.92 bits per heavy atom. The first-order chi connectivity index (χ1) is 12.1. The van der Waals surface area contributed by atoms with E-state index in [1.807, 2.05) is 31.2 Å². The molecule has 1 saturated heterocycles. The summed E-state index contributed by atoms with van der Waals surface area (Å²) >= 11 is 1.77. The lowest BCUT2D eigenvalue weighted by Crippen LogP contribution is -2.38. The van der Waals surface area contributed by atoms with Crippen molar-refractivity contribution in [3.05, 3.63) is 41.1 Å². The van der Waals surface area contributed by atoms with E-state index in [0.717, 1.165) is 46.9 Å². The standard InChI is InChI=1S/C18H20N4O2S/c1-12-6-2-3-7-15(12)22-16(13-10-25-11-14(13)20-22)19-17(23)18(24)21-8-4-5-9-21/h2-3,6-7H,4-5,8-11H2,1H3,(H,19,23). The van der Waals surface area contributed by atoms with Crippen LogP contribution in [-0.2, 0) is 21.1 Å². The Hall–Kier alpha value is -2.28. The summed E-state index contributed by atoms with van der Waals surface area (Å²) in [5.74, 6) is 1.24. The summed E-state index contributed by atoms with van der Waals surface area (Å²) in [5, 5.41) is 7.54. The molecule has 0 unspecified atom stereocenters. The summed E-state index contributed by atoms with van der Waals surface area (Å²) in [5.41, 5.74) is 4.00. The van der Waals surface area contributed by atoms with Crippen LogP contribution in [0.25, 0.3) is 5.69 Å². The van der Waals surface area contributed by atoms with E-state index >= 15 is 0 Å². The number of nitrogens with one attached hydrogen (secondary N) is 1. The molecule has 0 bridgehead atoms. The van der Waals surface area contributed by atoms with Gasteiger partial charge in [-0.3, -0.25) is 9.59 Å². The number of aromatic nitrogens is 2. The van der Waals surface area contributed by atoms with Gasteiger partial charge in [-0.25, -0.2) is 4.68 Å². The molecule has 0 saturated carbocycles. The van der Waals surface area contributed by atoms with E-state index < -0.39 is 11.8 Å². The van der Waals surface area contributed by atoms with E-state index in [-0.39, 0.29) is 0 Å². The average molecular weight is 356 g/mol. The number of anilines is 1. The van der Waals surface area contributed by atoms with Crippen LogP contribution in [-0.4, -0.2) is 39.6 Å². The maximum Gasteiger partial charge on any atom is 0.315 e. The van der Waals surface area contributed by atoms with Crippen LogP contribution in [0.5, 0.6) is 0 Å². The SMILES string of the molecule is Cc1ccccc1-n1nc2c(c1NC(=O)C(=O)N1CCCC1)CSC2. The highest BCUT2D eigenvalue weighted by Gasteiger charge is 2.29. The van der Waals surface area contributed by atoms with Crippen molar-refractivity contribution in [1.29, 1.82) is 0 Å². The molecule has 2 aliphatic heterocycles. The number of likely N-dealkylation sites (tertiary alicyclic amines) is 1. The minimum atomic E-state index is -0.573. The van der Waals surface area contributed by atoms with E-state index in [1.165, 1.54) is 0 Å². The first kappa shape index (κ1) is 16.2. The fraction of sp³-hybridized carbons (Fsp3) is 0.389. The van der Waals surface area contributed by atoms with Gasteiger partial charge in [0.25, 0.3) is 0 Å². The van der Waals surface area contributed by atoms with Crippen LogP contribution < -0.4 is 5.32 Å². The molecule has 3 heterocycles. The number of aryl methyl sites for hydroxylation is 1. The molecule has 0 spiro atoms. The quantitative estimate of drug-likeness (QED) is 0.840. The zero-order chi connectivity index (χ0) is 17.4. The molecule has 1 aromatic heterocycles. The Bertz CT molecular complexity index is 840. The highest BCUT2D eigenvalue weighted by molar-refractivity contribution is 7.98. The summed E-state index contributed by atoms with van der Waals surface area (Å²) in [4.78, 5) is 26.5. The third-order valence-corrected chi connectivity index (χ3v) is 5.69. The molecule has 130 valence electrons. The Morgan fingerprint density at radius 1 is 1.16 bits per heavy atom. The average Bonchev–Trinajstić information content (AvgIpc) is 3.33. The highest BCUT2D eigenvalue weighted by atomic mass is 32.2. The van der Waals surface area contributed by atoms with Gasteiger partial charge in [0.05, 0.1) is 11.4 Å². The predicted molar refractivity (Wildman–Crippen MR) is 97.7 cm³/mol. The van der Waals surface area contributed by atoms with Crippen LogP contribution in [0.15, 0.2) is 24.3 Å². The summed E-state index contributed by atoms with van der Waals surface area (Å²) in [6, 6.07) is 7.91. The van der Waals surface area contributed by atoms with E-state index in [2.05, 4.69) is 10.4 Å². The van der Waals surface area contributed by atoms with Crippen LogP contribution in [0, 0.1) is 6.92 Å². The molecule has 7 heteroatoms. The van der Waals surface area contributed by atoms with Crippen LogP contribution in [0.2, 0.25) is 0 Å². The van der Waals surface area contributed by atoms with Crippen molar-refractivity contribution in [2.75, 3.05) is 18.4 Å². The molecule has 2 aromatic rings. The summed E-state index contributed by atoms with van der Waals surface area (Å²) in [6.45, 7) is 3.34. The van der Waals surface area contributed by atoms with E-state index in [1.54, 1.807) is 21.3 Å². The lowest BCUT2D eigenvalue weighted by Gasteiger charge is -2.16. The molecule has 1 fully saturated rings. The summed E-state index contributed by atoms with van der Waals surface area (Å²) < 4.78 is 1.77. The van der Waals surface area contributed by atoms with Crippen molar-refractivity contribution in [2.24, 2.45) is 0 Å². The number of benzene rings is 1. The van der Waals surface area contributed by atoms with Gasteiger partial charge in [-0.15, -0.1) is 0 Å². The molecule has 1 N–H and O–H groups in total. The Kier molecular flexibility index (Phi) is 4.25. The monoisotopic (exact) mass is 356 g/mol. The molecule has 4 rings (SSSR count). The normalized spacial score (nSPS) is 16.1. The highest BCUT2D eigenvalue weighted by Crippen LogP contribution is 2.36. The molecule has 2 amide bonds. The van der Waals surface area contributed by atoms with Crippen molar-refractivity contribution in [3.8, 4) is 5.69 Å². The molecule has 0 atom stereocenters. The van der Waals surface area contributed by atoms with Gasteiger partial charge in [0.2, 0.25) is 0 Å². The maximum absolute atomic E-state index is 12.5. The van der Waals surface area contributed by atoms with E-state index in [9.17, 15) is 9.59 Å². The first-order valence-corrected chi connectivity index (χ1v) is 9.65. The van der Waals surface area contributed by atoms with Crippen molar-refractivity contribution in [3.63, 3.8) is 0 Å². The maximum atomic E-state index is 12.5. The number of carbonyl (C=O) groups is 2. The van der Waals surface area contributed by atoms with Crippen LogP contribution in [0.1, 0.15) is 29.7 Å². The van der Waals surface area contributed by atoms with Crippen molar-refractivity contribution in [1.82, 2.24) is 14.7 Å². The minimum Gasteiger partial charge on any atom is -0.334 e. The van der Waals surface area contributed by atoms with Gasteiger partial charge < -0.3 is 10.2 Å². The molecule has 1 aromatic carbocycles. The van der Waals surface area contributed by atoms with Crippen molar-refractivity contribution >= 4 is 29.4 Å². The van der Waals surface area contributed by atoms with E-state index in [4.69, 9.17) is 0 Å². The molecule has 2 aliphatic rings. The summed E-state index contributed by atoms with van der Waals surface area (Å²) in [6.07, 6.45) is 1.93. The van der Waals surface area contributed by atoms with Crippen molar-refractivity contribution in [2.45, 2.75) is 31.3 Å².